The number of aliphatic hydroxyl groups is 1. The number of rotatable bonds is 7. The van der Waals surface area contributed by atoms with Gasteiger partial charge in [0.25, 0.3) is 0 Å². The molecule has 0 radical (unpaired) electrons. The van der Waals surface area contributed by atoms with Gasteiger partial charge in [-0.3, -0.25) is 4.90 Å². The molecule has 0 bridgehead atoms. The minimum atomic E-state index is -0.519. The van der Waals surface area contributed by atoms with Crippen molar-refractivity contribution < 1.29 is 14.2 Å². The Morgan fingerprint density at radius 3 is 2.70 bits per heavy atom. The maximum absolute atomic E-state index is 13.4. The highest BCUT2D eigenvalue weighted by Gasteiger charge is 2.11. The zero-order valence-corrected chi connectivity index (χ0v) is 13.0. The Morgan fingerprint density at radius 2 is 2.00 bits per heavy atom. The minimum Gasteiger partial charge on any atom is -0.496 e. The summed E-state index contributed by atoms with van der Waals surface area (Å²) in [5.74, 6) is 0.266. The molecule has 2 rings (SSSR count). The van der Waals surface area contributed by atoms with Crippen molar-refractivity contribution in [2.24, 2.45) is 0 Å². The van der Waals surface area contributed by atoms with E-state index in [9.17, 15) is 9.50 Å². The van der Waals surface area contributed by atoms with Crippen molar-refractivity contribution in [1.29, 1.82) is 5.26 Å². The fourth-order valence-electron chi connectivity index (χ4n) is 2.44. The molecule has 0 atom stereocenters. The molecule has 1 N–H and O–H groups in total. The summed E-state index contributed by atoms with van der Waals surface area (Å²) in [6.45, 7) is 1.58. The highest BCUT2D eigenvalue weighted by Crippen LogP contribution is 2.20. The van der Waals surface area contributed by atoms with Crippen molar-refractivity contribution in [2.45, 2.75) is 13.1 Å². The minimum absolute atomic E-state index is 0.0153. The highest BCUT2D eigenvalue weighted by molar-refractivity contribution is 5.35. The first-order chi connectivity index (χ1) is 11.2. The van der Waals surface area contributed by atoms with Crippen molar-refractivity contribution in [2.75, 3.05) is 20.3 Å². The van der Waals surface area contributed by atoms with Crippen LogP contribution in [-0.2, 0) is 13.1 Å². The van der Waals surface area contributed by atoms with Crippen molar-refractivity contribution in [3.8, 4) is 11.8 Å². The first kappa shape index (κ1) is 16.9. The number of ether oxygens (including phenoxy) is 1. The molecule has 0 spiro atoms. The van der Waals surface area contributed by atoms with Gasteiger partial charge in [0.15, 0.2) is 0 Å². The molecule has 0 aliphatic carbocycles. The lowest BCUT2D eigenvalue weighted by Gasteiger charge is -2.22. The van der Waals surface area contributed by atoms with Crippen LogP contribution in [0.1, 0.15) is 16.7 Å². The van der Waals surface area contributed by atoms with Crippen molar-refractivity contribution in [3.05, 3.63) is 65.0 Å². The van der Waals surface area contributed by atoms with E-state index in [4.69, 9.17) is 10.00 Å². The van der Waals surface area contributed by atoms with E-state index in [2.05, 4.69) is 0 Å². The van der Waals surface area contributed by atoms with Gasteiger partial charge in [0.2, 0.25) is 0 Å². The quantitative estimate of drug-likeness (QED) is 0.854. The molecule has 0 saturated carbocycles. The molecule has 2 aromatic rings. The van der Waals surface area contributed by atoms with Gasteiger partial charge in [0.05, 0.1) is 19.3 Å². The Balaban J connectivity index is 2.17. The van der Waals surface area contributed by atoms with Gasteiger partial charge >= 0.3 is 0 Å². The molecule has 4 nitrogen and oxygen atoms in total. The molecule has 0 amide bonds. The van der Waals surface area contributed by atoms with Gasteiger partial charge in [-0.2, -0.15) is 5.26 Å². The van der Waals surface area contributed by atoms with Crippen molar-refractivity contribution in [1.82, 2.24) is 4.90 Å². The van der Waals surface area contributed by atoms with E-state index in [0.29, 0.717) is 19.6 Å². The molecule has 0 aromatic heterocycles. The highest BCUT2D eigenvalue weighted by atomic mass is 19.1. The van der Waals surface area contributed by atoms with Crippen LogP contribution in [0.3, 0.4) is 0 Å². The second kappa shape index (κ2) is 8.28. The largest absolute Gasteiger partial charge is 0.496 e. The van der Waals surface area contributed by atoms with Crippen LogP contribution in [0, 0.1) is 17.1 Å². The molecule has 0 unspecified atom stereocenters. The lowest BCUT2D eigenvalue weighted by atomic mass is 10.1. The van der Waals surface area contributed by atoms with Gasteiger partial charge in [0, 0.05) is 25.2 Å². The molecular formula is C18H19FN2O2. The van der Waals surface area contributed by atoms with Crippen LogP contribution in [0.2, 0.25) is 0 Å². The summed E-state index contributed by atoms with van der Waals surface area (Å²) in [6.07, 6.45) is 0. The van der Waals surface area contributed by atoms with Crippen LogP contribution >= 0.6 is 0 Å². The van der Waals surface area contributed by atoms with Gasteiger partial charge in [-0.15, -0.1) is 0 Å². The summed E-state index contributed by atoms with van der Waals surface area (Å²) in [6, 6.07) is 14.0. The molecular weight excluding hydrogens is 295 g/mol. The van der Waals surface area contributed by atoms with Crippen LogP contribution < -0.4 is 4.74 Å². The van der Waals surface area contributed by atoms with Crippen LogP contribution in [-0.4, -0.2) is 30.3 Å². The molecule has 120 valence electrons. The normalized spacial score (nSPS) is 10.6. The summed E-state index contributed by atoms with van der Waals surface area (Å²) >= 11 is 0. The predicted molar refractivity (Wildman–Crippen MR) is 85.3 cm³/mol. The summed E-state index contributed by atoms with van der Waals surface area (Å²) in [4.78, 5) is 2.02. The molecule has 0 aliphatic rings. The third kappa shape index (κ3) is 4.52. The topological polar surface area (TPSA) is 56.5 Å². The fourth-order valence-corrected chi connectivity index (χ4v) is 2.44. The lowest BCUT2D eigenvalue weighted by Crippen LogP contribution is -2.26. The summed E-state index contributed by atoms with van der Waals surface area (Å²) < 4.78 is 18.8. The zero-order valence-electron chi connectivity index (χ0n) is 13.0. The molecule has 0 saturated heterocycles. The molecule has 5 heteroatoms. The fraction of sp³-hybridized carbons (Fsp3) is 0.278. The number of nitriles is 1. The Hall–Kier alpha value is -2.42. The van der Waals surface area contributed by atoms with E-state index >= 15 is 0 Å². The Kier molecular flexibility index (Phi) is 6.10. The molecule has 0 aliphatic heterocycles. The lowest BCUT2D eigenvalue weighted by molar-refractivity contribution is 0.183. The van der Waals surface area contributed by atoms with Gasteiger partial charge in [-0.1, -0.05) is 24.3 Å². The first-order valence-electron chi connectivity index (χ1n) is 7.31. The molecule has 2 aromatic carbocycles. The number of hydrogen-bond acceptors (Lipinski definition) is 4. The van der Waals surface area contributed by atoms with Crippen LogP contribution in [0.15, 0.2) is 42.5 Å². The van der Waals surface area contributed by atoms with E-state index < -0.39 is 5.82 Å². The Bertz CT molecular complexity index is 698. The summed E-state index contributed by atoms with van der Waals surface area (Å²) in [7, 11) is 1.62. The second-order valence-electron chi connectivity index (χ2n) is 5.17. The maximum atomic E-state index is 13.4. The van der Waals surface area contributed by atoms with Gasteiger partial charge < -0.3 is 9.84 Å². The maximum Gasteiger partial charge on any atom is 0.140 e. The molecule has 23 heavy (non-hydrogen) atoms. The summed E-state index contributed by atoms with van der Waals surface area (Å²) in [5, 5.41) is 18.2. The van der Waals surface area contributed by atoms with E-state index in [1.165, 1.54) is 6.07 Å². The number of hydrogen-bond donors (Lipinski definition) is 1. The monoisotopic (exact) mass is 314 g/mol. The van der Waals surface area contributed by atoms with Crippen molar-refractivity contribution >= 4 is 0 Å². The first-order valence-corrected chi connectivity index (χ1v) is 7.31. The van der Waals surface area contributed by atoms with Crippen molar-refractivity contribution in [3.63, 3.8) is 0 Å². The van der Waals surface area contributed by atoms with Crippen LogP contribution in [0.5, 0.6) is 5.75 Å². The SMILES string of the molecule is COc1ccccc1CN(CCO)Cc1ccc(F)c(C#N)c1. The average molecular weight is 314 g/mol. The number of nitrogens with zero attached hydrogens (tertiary/aromatic N) is 2. The van der Waals surface area contributed by atoms with Crippen LogP contribution in [0.4, 0.5) is 4.39 Å². The van der Waals surface area contributed by atoms with Gasteiger partial charge in [-0.05, 0) is 23.8 Å². The number of halogens is 1. The third-order valence-corrected chi connectivity index (χ3v) is 3.56. The zero-order chi connectivity index (χ0) is 16.7. The predicted octanol–water partition coefficient (Wildman–Crippen LogP) is 2.70. The van der Waals surface area contributed by atoms with E-state index in [-0.39, 0.29) is 12.2 Å². The number of methoxy groups -OCH3 is 1. The van der Waals surface area contributed by atoms with E-state index in [1.807, 2.05) is 35.2 Å². The Labute approximate surface area is 135 Å². The summed E-state index contributed by atoms with van der Waals surface area (Å²) in [5.41, 5.74) is 1.86. The molecule has 0 fully saturated rings. The number of aliphatic hydroxyl groups excluding tert-OH is 1. The number of para-hydroxylation sites is 1. The smallest absolute Gasteiger partial charge is 0.140 e. The van der Waals surface area contributed by atoms with Gasteiger partial charge in [-0.25, -0.2) is 4.39 Å². The molecule has 0 heterocycles. The standard InChI is InChI=1S/C18H19FN2O2/c1-23-18-5-3-2-4-15(18)13-21(8-9-22)12-14-6-7-17(19)16(10-14)11-20/h2-7,10,22H,8-9,12-13H2,1H3. The second-order valence-corrected chi connectivity index (χ2v) is 5.17. The third-order valence-electron chi connectivity index (χ3n) is 3.56. The van der Waals surface area contributed by atoms with E-state index in [1.54, 1.807) is 19.2 Å². The average Bonchev–Trinajstić information content (AvgIpc) is 2.57. The van der Waals surface area contributed by atoms with Crippen LogP contribution in [0.25, 0.3) is 0 Å². The van der Waals surface area contributed by atoms with Gasteiger partial charge in [0.1, 0.15) is 17.6 Å². The Morgan fingerprint density at radius 1 is 1.22 bits per heavy atom. The number of benzene rings is 2. The van der Waals surface area contributed by atoms with E-state index in [0.717, 1.165) is 16.9 Å².